The number of urea groups is 1. The van der Waals surface area contributed by atoms with Gasteiger partial charge in [0.1, 0.15) is 5.82 Å². The first-order valence-corrected chi connectivity index (χ1v) is 9.57. The van der Waals surface area contributed by atoms with Gasteiger partial charge in [-0.05, 0) is 45.6 Å². The molecule has 2 fully saturated rings. The molecule has 2 aliphatic rings. The molecule has 1 aliphatic carbocycles. The van der Waals surface area contributed by atoms with Gasteiger partial charge in [-0.2, -0.15) is 10.2 Å². The largest absolute Gasteiger partial charge is 0.335 e. The SMILES string of the molecule is Cc1cc(CC(C)NC(=O)N2CCCC(c3n[nH]c(C4CC4)n3)C2)n[nH]1. The molecule has 140 valence electrons. The molecule has 26 heavy (non-hydrogen) atoms. The Kier molecular flexibility index (Phi) is 4.65. The fourth-order valence-electron chi connectivity index (χ4n) is 3.63. The summed E-state index contributed by atoms with van der Waals surface area (Å²) >= 11 is 0. The molecule has 3 N–H and O–H groups in total. The van der Waals surface area contributed by atoms with Gasteiger partial charge < -0.3 is 10.2 Å². The summed E-state index contributed by atoms with van der Waals surface area (Å²) in [4.78, 5) is 19.2. The number of piperidine rings is 1. The molecule has 4 rings (SSSR count). The molecule has 2 aromatic rings. The number of hydrogen-bond donors (Lipinski definition) is 3. The average molecular weight is 357 g/mol. The van der Waals surface area contributed by atoms with Crippen molar-refractivity contribution in [2.45, 2.75) is 63.8 Å². The van der Waals surface area contributed by atoms with E-state index in [0.717, 1.165) is 48.8 Å². The molecule has 8 heteroatoms. The second kappa shape index (κ2) is 7.09. The second-order valence-corrected chi connectivity index (χ2v) is 7.74. The van der Waals surface area contributed by atoms with Gasteiger partial charge in [-0.15, -0.1) is 0 Å². The first kappa shape index (κ1) is 17.1. The van der Waals surface area contributed by atoms with Gasteiger partial charge in [-0.25, -0.2) is 9.78 Å². The molecule has 3 heterocycles. The zero-order valence-electron chi connectivity index (χ0n) is 15.5. The predicted molar refractivity (Wildman–Crippen MR) is 96.9 cm³/mol. The topological polar surface area (TPSA) is 103 Å². The Labute approximate surface area is 153 Å². The summed E-state index contributed by atoms with van der Waals surface area (Å²) in [6.07, 6.45) is 5.16. The van der Waals surface area contributed by atoms with Gasteiger partial charge in [0, 0.05) is 43.1 Å². The Morgan fingerprint density at radius 3 is 2.88 bits per heavy atom. The van der Waals surface area contributed by atoms with Crippen molar-refractivity contribution < 1.29 is 4.79 Å². The normalized spacial score (nSPS) is 21.6. The van der Waals surface area contributed by atoms with Crippen molar-refractivity contribution in [2.24, 2.45) is 0 Å². The molecule has 2 aromatic heterocycles. The van der Waals surface area contributed by atoms with Crippen LogP contribution in [0.25, 0.3) is 0 Å². The predicted octanol–water partition coefficient (Wildman–Crippen LogP) is 2.23. The van der Waals surface area contributed by atoms with Crippen LogP contribution in [0, 0.1) is 6.92 Å². The van der Waals surface area contributed by atoms with Crippen molar-refractivity contribution in [3.05, 3.63) is 29.1 Å². The third kappa shape index (κ3) is 3.89. The van der Waals surface area contributed by atoms with Crippen LogP contribution in [0.4, 0.5) is 4.79 Å². The standard InChI is InChI=1S/C18H27N7O/c1-11(8-15-9-12(2)21-22-15)19-18(26)25-7-3-4-14(10-25)17-20-16(23-24-17)13-5-6-13/h9,11,13-14H,3-8,10H2,1-2H3,(H,19,26)(H,21,22)(H,20,23,24). The highest BCUT2D eigenvalue weighted by Gasteiger charge is 2.31. The maximum absolute atomic E-state index is 12.6. The van der Waals surface area contributed by atoms with Gasteiger partial charge >= 0.3 is 6.03 Å². The number of hydrogen-bond acceptors (Lipinski definition) is 4. The van der Waals surface area contributed by atoms with E-state index < -0.39 is 0 Å². The molecule has 2 unspecified atom stereocenters. The third-order valence-electron chi connectivity index (χ3n) is 5.20. The highest BCUT2D eigenvalue weighted by molar-refractivity contribution is 5.74. The Hall–Kier alpha value is -2.38. The number of aromatic amines is 2. The summed E-state index contributed by atoms with van der Waals surface area (Å²) in [6.45, 7) is 5.46. The monoisotopic (exact) mass is 357 g/mol. The van der Waals surface area contributed by atoms with E-state index in [-0.39, 0.29) is 18.0 Å². The number of carbonyl (C=O) groups is 1. The fourth-order valence-corrected chi connectivity index (χ4v) is 3.63. The highest BCUT2D eigenvalue weighted by atomic mass is 16.2. The van der Waals surface area contributed by atoms with Crippen LogP contribution in [0.15, 0.2) is 6.07 Å². The zero-order chi connectivity index (χ0) is 18.1. The lowest BCUT2D eigenvalue weighted by atomic mass is 9.97. The van der Waals surface area contributed by atoms with Crippen molar-refractivity contribution in [3.8, 4) is 0 Å². The first-order chi connectivity index (χ1) is 12.6. The van der Waals surface area contributed by atoms with Gasteiger partial charge in [0.2, 0.25) is 0 Å². The molecular formula is C18H27N7O. The lowest BCUT2D eigenvalue weighted by Crippen LogP contribution is -2.48. The summed E-state index contributed by atoms with van der Waals surface area (Å²) in [7, 11) is 0. The Morgan fingerprint density at radius 1 is 1.31 bits per heavy atom. The minimum Gasteiger partial charge on any atom is -0.335 e. The number of aryl methyl sites for hydroxylation is 1. The molecule has 1 aliphatic heterocycles. The van der Waals surface area contributed by atoms with E-state index in [2.05, 4.69) is 30.7 Å². The Morgan fingerprint density at radius 2 is 2.15 bits per heavy atom. The average Bonchev–Trinajstić information content (AvgIpc) is 3.21. The van der Waals surface area contributed by atoms with E-state index in [0.29, 0.717) is 12.5 Å². The third-order valence-corrected chi connectivity index (χ3v) is 5.20. The maximum Gasteiger partial charge on any atom is 0.317 e. The minimum absolute atomic E-state index is 0.00703. The number of aromatic nitrogens is 5. The van der Waals surface area contributed by atoms with Crippen molar-refractivity contribution in [1.29, 1.82) is 0 Å². The number of nitrogens with one attached hydrogen (secondary N) is 3. The summed E-state index contributed by atoms with van der Waals surface area (Å²) in [5.74, 6) is 2.68. The number of carbonyl (C=O) groups excluding carboxylic acids is 1. The van der Waals surface area contributed by atoms with Crippen molar-refractivity contribution in [1.82, 2.24) is 35.6 Å². The number of amides is 2. The van der Waals surface area contributed by atoms with Crippen LogP contribution in [0.5, 0.6) is 0 Å². The van der Waals surface area contributed by atoms with E-state index >= 15 is 0 Å². The van der Waals surface area contributed by atoms with E-state index in [1.54, 1.807) is 0 Å². The van der Waals surface area contributed by atoms with Crippen molar-refractivity contribution >= 4 is 6.03 Å². The van der Waals surface area contributed by atoms with Gasteiger partial charge in [0.25, 0.3) is 0 Å². The number of H-pyrrole nitrogens is 2. The first-order valence-electron chi connectivity index (χ1n) is 9.57. The number of nitrogens with zero attached hydrogens (tertiary/aromatic N) is 4. The van der Waals surface area contributed by atoms with Crippen molar-refractivity contribution in [3.63, 3.8) is 0 Å². The number of rotatable bonds is 5. The second-order valence-electron chi connectivity index (χ2n) is 7.74. The van der Waals surface area contributed by atoms with E-state index in [1.165, 1.54) is 12.8 Å². The lowest BCUT2D eigenvalue weighted by molar-refractivity contribution is 0.175. The quantitative estimate of drug-likeness (QED) is 0.763. The molecular weight excluding hydrogens is 330 g/mol. The molecule has 0 spiro atoms. The lowest BCUT2D eigenvalue weighted by Gasteiger charge is -2.32. The summed E-state index contributed by atoms with van der Waals surface area (Å²) < 4.78 is 0. The zero-order valence-corrected chi connectivity index (χ0v) is 15.5. The summed E-state index contributed by atoms with van der Waals surface area (Å²) in [5, 5.41) is 17.8. The van der Waals surface area contributed by atoms with Crippen LogP contribution in [0.1, 0.15) is 67.5 Å². The molecule has 1 saturated carbocycles. The van der Waals surface area contributed by atoms with E-state index in [9.17, 15) is 4.79 Å². The van der Waals surface area contributed by atoms with Crippen LogP contribution in [0.2, 0.25) is 0 Å². The van der Waals surface area contributed by atoms with E-state index in [4.69, 9.17) is 0 Å². The van der Waals surface area contributed by atoms with Crippen LogP contribution in [-0.2, 0) is 6.42 Å². The van der Waals surface area contributed by atoms with Crippen LogP contribution in [0.3, 0.4) is 0 Å². The van der Waals surface area contributed by atoms with Gasteiger partial charge in [-0.1, -0.05) is 0 Å². The molecule has 8 nitrogen and oxygen atoms in total. The molecule has 2 amide bonds. The number of likely N-dealkylation sites (tertiary alicyclic amines) is 1. The van der Waals surface area contributed by atoms with Crippen LogP contribution in [-0.4, -0.2) is 55.4 Å². The Bertz CT molecular complexity index is 763. The van der Waals surface area contributed by atoms with Gasteiger partial charge in [0.15, 0.2) is 5.82 Å². The van der Waals surface area contributed by atoms with Crippen LogP contribution < -0.4 is 5.32 Å². The van der Waals surface area contributed by atoms with Gasteiger partial charge in [-0.3, -0.25) is 10.2 Å². The Balaban J connectivity index is 1.32. The van der Waals surface area contributed by atoms with E-state index in [1.807, 2.05) is 24.8 Å². The summed E-state index contributed by atoms with van der Waals surface area (Å²) in [6, 6.07) is 2.04. The molecule has 0 aromatic carbocycles. The smallest absolute Gasteiger partial charge is 0.317 e. The fraction of sp³-hybridized carbons (Fsp3) is 0.667. The molecule has 0 radical (unpaired) electrons. The molecule has 1 saturated heterocycles. The maximum atomic E-state index is 12.6. The summed E-state index contributed by atoms with van der Waals surface area (Å²) in [5.41, 5.74) is 2.01. The minimum atomic E-state index is -0.00703. The van der Waals surface area contributed by atoms with Crippen molar-refractivity contribution in [2.75, 3.05) is 13.1 Å². The molecule has 2 atom stereocenters. The van der Waals surface area contributed by atoms with Gasteiger partial charge in [0.05, 0.1) is 5.69 Å². The highest BCUT2D eigenvalue weighted by Crippen LogP contribution is 2.38. The molecule has 0 bridgehead atoms. The van der Waals surface area contributed by atoms with Crippen LogP contribution >= 0.6 is 0 Å².